The van der Waals surface area contributed by atoms with Crippen LogP contribution in [0.1, 0.15) is 28.9 Å². The second-order valence-electron chi connectivity index (χ2n) is 5.20. The Balaban J connectivity index is 1.94. The number of benzene rings is 2. The van der Waals surface area contributed by atoms with E-state index in [-0.39, 0.29) is 24.5 Å². The Morgan fingerprint density at radius 1 is 1.12 bits per heavy atom. The van der Waals surface area contributed by atoms with Crippen LogP contribution in [0.25, 0.3) is 0 Å². The van der Waals surface area contributed by atoms with Crippen LogP contribution in [0, 0.1) is 0 Å². The average molecular weight is 391 g/mol. The molecule has 0 heterocycles. The lowest BCUT2D eigenvalue weighted by atomic mass is 10.1. The topological polar surface area (TPSA) is 67.4 Å². The van der Waals surface area contributed by atoms with Gasteiger partial charge in [0, 0.05) is 11.5 Å². The Morgan fingerprint density at radius 2 is 1.79 bits per heavy atom. The maximum absolute atomic E-state index is 12.1. The van der Waals surface area contributed by atoms with Crippen molar-refractivity contribution in [3.8, 4) is 5.75 Å². The number of carbonyl (C=O) groups excluding carboxylic acids is 2. The van der Waals surface area contributed by atoms with Gasteiger partial charge in [0.15, 0.2) is 6.61 Å². The standard InChI is InChI=1S/C18H19BrN2O3/c1-12(13-7-9-14(19)10-8-13)21-17(22)11-24-16-6-4-3-5-15(16)18(23)20-2/h3-10,12H,11H2,1-2H3,(H,20,23)(H,21,22). The van der Waals surface area contributed by atoms with E-state index < -0.39 is 0 Å². The highest BCUT2D eigenvalue weighted by molar-refractivity contribution is 9.10. The molecule has 1 atom stereocenters. The van der Waals surface area contributed by atoms with E-state index >= 15 is 0 Å². The van der Waals surface area contributed by atoms with Gasteiger partial charge in [0.25, 0.3) is 11.8 Å². The first-order chi connectivity index (χ1) is 11.5. The molecule has 0 aliphatic rings. The summed E-state index contributed by atoms with van der Waals surface area (Å²) in [7, 11) is 1.55. The summed E-state index contributed by atoms with van der Waals surface area (Å²) in [5, 5.41) is 5.41. The van der Waals surface area contributed by atoms with Crippen LogP contribution in [0.4, 0.5) is 0 Å². The number of halogens is 1. The lowest BCUT2D eigenvalue weighted by Gasteiger charge is -2.15. The molecular weight excluding hydrogens is 372 g/mol. The fourth-order valence-electron chi connectivity index (χ4n) is 2.18. The fourth-order valence-corrected chi connectivity index (χ4v) is 2.44. The molecular formula is C18H19BrN2O3. The van der Waals surface area contributed by atoms with Crippen molar-refractivity contribution in [2.24, 2.45) is 0 Å². The number of nitrogens with one attached hydrogen (secondary N) is 2. The molecule has 0 fully saturated rings. The largest absolute Gasteiger partial charge is 0.483 e. The lowest BCUT2D eigenvalue weighted by molar-refractivity contribution is -0.123. The van der Waals surface area contributed by atoms with Crippen molar-refractivity contribution in [3.05, 3.63) is 64.1 Å². The second kappa shape index (κ2) is 8.49. The molecule has 0 aliphatic carbocycles. The Labute approximate surface area is 149 Å². The van der Waals surface area contributed by atoms with Crippen molar-refractivity contribution in [2.45, 2.75) is 13.0 Å². The van der Waals surface area contributed by atoms with Gasteiger partial charge in [-0.15, -0.1) is 0 Å². The molecule has 0 saturated carbocycles. The molecule has 2 aromatic rings. The number of ether oxygens (including phenoxy) is 1. The van der Waals surface area contributed by atoms with Gasteiger partial charge in [-0.3, -0.25) is 9.59 Å². The summed E-state index contributed by atoms with van der Waals surface area (Å²) in [6, 6.07) is 14.4. The van der Waals surface area contributed by atoms with Crippen molar-refractivity contribution < 1.29 is 14.3 Å². The van der Waals surface area contributed by atoms with Gasteiger partial charge in [0.2, 0.25) is 0 Å². The average Bonchev–Trinajstić information content (AvgIpc) is 2.60. The van der Waals surface area contributed by atoms with Gasteiger partial charge < -0.3 is 15.4 Å². The molecule has 0 spiro atoms. The number of hydrogen-bond acceptors (Lipinski definition) is 3. The predicted octanol–water partition coefficient (Wildman–Crippen LogP) is 3.06. The van der Waals surface area contributed by atoms with E-state index in [0.29, 0.717) is 11.3 Å². The summed E-state index contributed by atoms with van der Waals surface area (Å²) in [6.45, 7) is 1.74. The van der Waals surface area contributed by atoms with E-state index in [1.165, 1.54) is 0 Å². The Kier molecular flexibility index (Phi) is 6.37. The molecule has 0 saturated heterocycles. The molecule has 2 rings (SSSR count). The molecule has 2 N–H and O–H groups in total. The molecule has 0 radical (unpaired) electrons. The van der Waals surface area contributed by atoms with Crippen LogP contribution < -0.4 is 15.4 Å². The van der Waals surface area contributed by atoms with Crippen LogP contribution in [-0.4, -0.2) is 25.5 Å². The van der Waals surface area contributed by atoms with E-state index in [0.717, 1.165) is 10.0 Å². The van der Waals surface area contributed by atoms with Crippen molar-refractivity contribution in [3.63, 3.8) is 0 Å². The minimum Gasteiger partial charge on any atom is -0.483 e. The van der Waals surface area contributed by atoms with Gasteiger partial charge in [-0.05, 0) is 36.8 Å². The number of hydrogen-bond donors (Lipinski definition) is 2. The molecule has 1 unspecified atom stereocenters. The van der Waals surface area contributed by atoms with E-state index in [1.54, 1.807) is 31.3 Å². The van der Waals surface area contributed by atoms with Gasteiger partial charge in [0.05, 0.1) is 11.6 Å². The second-order valence-corrected chi connectivity index (χ2v) is 6.12. The molecule has 126 valence electrons. The highest BCUT2D eigenvalue weighted by Crippen LogP contribution is 2.18. The van der Waals surface area contributed by atoms with Crippen LogP contribution in [0.15, 0.2) is 53.0 Å². The quantitative estimate of drug-likeness (QED) is 0.796. The zero-order valence-corrected chi connectivity index (χ0v) is 15.1. The van der Waals surface area contributed by atoms with Crippen LogP contribution in [-0.2, 0) is 4.79 Å². The highest BCUT2D eigenvalue weighted by atomic mass is 79.9. The SMILES string of the molecule is CNC(=O)c1ccccc1OCC(=O)NC(C)c1ccc(Br)cc1. The van der Waals surface area contributed by atoms with E-state index in [2.05, 4.69) is 26.6 Å². The Morgan fingerprint density at radius 3 is 2.46 bits per heavy atom. The molecule has 6 heteroatoms. The molecule has 5 nitrogen and oxygen atoms in total. The minimum atomic E-state index is -0.255. The monoisotopic (exact) mass is 390 g/mol. The molecule has 0 aliphatic heterocycles. The van der Waals surface area contributed by atoms with Crippen LogP contribution in [0.3, 0.4) is 0 Å². The minimum absolute atomic E-state index is 0.136. The molecule has 0 bridgehead atoms. The number of rotatable bonds is 6. The van der Waals surface area contributed by atoms with Crippen molar-refractivity contribution in [2.75, 3.05) is 13.7 Å². The first kappa shape index (κ1) is 18.0. The summed E-state index contributed by atoms with van der Waals surface area (Å²) >= 11 is 3.38. The predicted molar refractivity (Wildman–Crippen MR) is 96.0 cm³/mol. The molecule has 0 aromatic heterocycles. The third kappa shape index (κ3) is 4.83. The Bertz CT molecular complexity index is 716. The zero-order valence-electron chi connectivity index (χ0n) is 13.5. The summed E-state index contributed by atoms with van der Waals surface area (Å²) in [6.07, 6.45) is 0. The number of amides is 2. The van der Waals surface area contributed by atoms with Crippen LogP contribution >= 0.6 is 15.9 Å². The van der Waals surface area contributed by atoms with Crippen molar-refractivity contribution in [1.82, 2.24) is 10.6 Å². The summed E-state index contributed by atoms with van der Waals surface area (Å²) in [5.74, 6) is -0.130. The molecule has 2 aromatic carbocycles. The van der Waals surface area contributed by atoms with E-state index in [4.69, 9.17) is 4.74 Å². The van der Waals surface area contributed by atoms with E-state index in [1.807, 2.05) is 31.2 Å². The smallest absolute Gasteiger partial charge is 0.258 e. The maximum atomic E-state index is 12.1. The zero-order chi connectivity index (χ0) is 17.5. The van der Waals surface area contributed by atoms with Gasteiger partial charge >= 0.3 is 0 Å². The normalized spacial score (nSPS) is 11.5. The lowest BCUT2D eigenvalue weighted by Crippen LogP contribution is -2.31. The van der Waals surface area contributed by atoms with Gasteiger partial charge in [-0.2, -0.15) is 0 Å². The van der Waals surface area contributed by atoms with Gasteiger partial charge in [-0.1, -0.05) is 40.2 Å². The highest BCUT2D eigenvalue weighted by Gasteiger charge is 2.13. The van der Waals surface area contributed by atoms with Crippen LogP contribution in [0.2, 0.25) is 0 Å². The summed E-state index contributed by atoms with van der Waals surface area (Å²) in [4.78, 5) is 23.8. The molecule has 24 heavy (non-hydrogen) atoms. The summed E-state index contributed by atoms with van der Waals surface area (Å²) < 4.78 is 6.48. The summed E-state index contributed by atoms with van der Waals surface area (Å²) in [5.41, 5.74) is 1.39. The van der Waals surface area contributed by atoms with Gasteiger partial charge in [-0.25, -0.2) is 0 Å². The van der Waals surface area contributed by atoms with E-state index in [9.17, 15) is 9.59 Å². The first-order valence-electron chi connectivity index (χ1n) is 7.50. The maximum Gasteiger partial charge on any atom is 0.258 e. The Hall–Kier alpha value is -2.34. The number of para-hydroxylation sites is 1. The van der Waals surface area contributed by atoms with Gasteiger partial charge in [0.1, 0.15) is 5.75 Å². The fraction of sp³-hybridized carbons (Fsp3) is 0.222. The van der Waals surface area contributed by atoms with Crippen molar-refractivity contribution >= 4 is 27.7 Å². The van der Waals surface area contributed by atoms with Crippen molar-refractivity contribution in [1.29, 1.82) is 0 Å². The van der Waals surface area contributed by atoms with Crippen LogP contribution in [0.5, 0.6) is 5.75 Å². The molecule has 2 amide bonds. The third-order valence-electron chi connectivity index (χ3n) is 3.47. The third-order valence-corrected chi connectivity index (χ3v) is 3.99. The number of carbonyl (C=O) groups is 2. The first-order valence-corrected chi connectivity index (χ1v) is 8.29.